The lowest BCUT2D eigenvalue weighted by Gasteiger charge is -2.11. The van der Waals surface area contributed by atoms with E-state index in [2.05, 4.69) is 30.4 Å². The summed E-state index contributed by atoms with van der Waals surface area (Å²) in [5, 5.41) is 16.1. The fraction of sp³-hybridized carbons (Fsp3) is 0.533. The SMILES string of the molecule is CCNC(=NCc1cc(Cl)c(Cl)n1C)NCc1nnc2n1CCC2.I. The summed E-state index contributed by atoms with van der Waals surface area (Å²) in [4.78, 5) is 4.59. The van der Waals surface area contributed by atoms with Gasteiger partial charge in [-0.3, -0.25) is 0 Å². The summed E-state index contributed by atoms with van der Waals surface area (Å²) in [5.41, 5.74) is 0.950. The van der Waals surface area contributed by atoms with Gasteiger partial charge in [0.25, 0.3) is 0 Å². The average molecular weight is 498 g/mol. The molecule has 0 aliphatic carbocycles. The molecule has 3 heterocycles. The van der Waals surface area contributed by atoms with Crippen molar-refractivity contribution in [1.82, 2.24) is 30.0 Å². The van der Waals surface area contributed by atoms with Crippen molar-refractivity contribution in [2.24, 2.45) is 12.0 Å². The van der Waals surface area contributed by atoms with Gasteiger partial charge in [-0.05, 0) is 19.4 Å². The number of aliphatic imine (C=N–C) groups is 1. The summed E-state index contributed by atoms with van der Waals surface area (Å²) in [5.74, 6) is 2.74. The van der Waals surface area contributed by atoms with Gasteiger partial charge in [-0.2, -0.15) is 0 Å². The molecular formula is C15H22Cl2IN7. The summed E-state index contributed by atoms with van der Waals surface area (Å²) in [6.45, 7) is 4.87. The molecule has 0 aromatic carbocycles. The van der Waals surface area contributed by atoms with E-state index in [1.54, 1.807) is 0 Å². The smallest absolute Gasteiger partial charge is 0.192 e. The third kappa shape index (κ3) is 4.59. The highest BCUT2D eigenvalue weighted by atomic mass is 127. The van der Waals surface area contributed by atoms with Crippen LogP contribution in [0.2, 0.25) is 10.2 Å². The van der Waals surface area contributed by atoms with E-state index in [0.717, 1.165) is 49.2 Å². The predicted octanol–water partition coefficient (Wildman–Crippen LogP) is 2.74. The molecule has 1 aliphatic rings. The second kappa shape index (κ2) is 9.09. The van der Waals surface area contributed by atoms with Gasteiger partial charge in [0.05, 0.1) is 18.1 Å². The highest BCUT2D eigenvalue weighted by Crippen LogP contribution is 2.25. The molecule has 1 aliphatic heterocycles. The van der Waals surface area contributed by atoms with Gasteiger partial charge in [-0.1, -0.05) is 23.2 Å². The van der Waals surface area contributed by atoms with E-state index in [1.165, 1.54) is 0 Å². The Labute approximate surface area is 174 Å². The number of nitrogens with one attached hydrogen (secondary N) is 2. The molecule has 10 heteroatoms. The largest absolute Gasteiger partial charge is 0.357 e. The third-order valence-corrected chi connectivity index (χ3v) is 4.90. The molecule has 0 saturated heterocycles. The van der Waals surface area contributed by atoms with Crippen molar-refractivity contribution in [1.29, 1.82) is 0 Å². The Morgan fingerprint density at radius 3 is 2.80 bits per heavy atom. The van der Waals surface area contributed by atoms with Gasteiger partial charge in [0.1, 0.15) is 11.0 Å². The van der Waals surface area contributed by atoms with Crippen molar-refractivity contribution in [2.75, 3.05) is 6.54 Å². The summed E-state index contributed by atoms with van der Waals surface area (Å²) >= 11 is 12.1. The summed E-state index contributed by atoms with van der Waals surface area (Å²) in [7, 11) is 1.87. The standard InChI is InChI=1S/C15H21Cl2N7.HI/c1-3-18-15(19-8-10-7-11(16)14(17)23(10)2)20-9-13-22-21-12-5-4-6-24(12)13;/h7H,3-6,8-9H2,1-2H3,(H2,18,19,20);1H. The van der Waals surface area contributed by atoms with Crippen LogP contribution in [-0.4, -0.2) is 31.8 Å². The van der Waals surface area contributed by atoms with E-state index < -0.39 is 0 Å². The van der Waals surface area contributed by atoms with Crippen LogP contribution in [0.3, 0.4) is 0 Å². The molecule has 0 saturated carbocycles. The Morgan fingerprint density at radius 2 is 2.12 bits per heavy atom. The Bertz CT molecular complexity index is 753. The third-order valence-electron chi connectivity index (χ3n) is 4.06. The summed E-state index contributed by atoms with van der Waals surface area (Å²) < 4.78 is 4.01. The van der Waals surface area contributed by atoms with E-state index in [9.17, 15) is 0 Å². The average Bonchev–Trinajstić information content (AvgIpc) is 3.23. The van der Waals surface area contributed by atoms with Crippen LogP contribution in [0.25, 0.3) is 0 Å². The lowest BCUT2D eigenvalue weighted by atomic mass is 10.4. The fourth-order valence-electron chi connectivity index (χ4n) is 2.75. The topological polar surface area (TPSA) is 72.1 Å². The first kappa shape index (κ1) is 20.3. The van der Waals surface area contributed by atoms with Gasteiger partial charge < -0.3 is 19.8 Å². The minimum absolute atomic E-state index is 0. The van der Waals surface area contributed by atoms with Crippen molar-refractivity contribution >= 4 is 53.1 Å². The quantitative estimate of drug-likeness (QED) is 0.378. The maximum absolute atomic E-state index is 6.09. The van der Waals surface area contributed by atoms with Crippen LogP contribution in [0.1, 0.15) is 30.7 Å². The van der Waals surface area contributed by atoms with Crippen molar-refractivity contribution in [2.45, 2.75) is 39.4 Å². The highest BCUT2D eigenvalue weighted by Gasteiger charge is 2.17. The van der Waals surface area contributed by atoms with E-state index in [-0.39, 0.29) is 24.0 Å². The van der Waals surface area contributed by atoms with Gasteiger partial charge in [0, 0.05) is 32.3 Å². The second-order valence-corrected chi connectivity index (χ2v) is 6.44. The van der Waals surface area contributed by atoms with Crippen LogP contribution >= 0.6 is 47.2 Å². The number of rotatable bonds is 5. The van der Waals surface area contributed by atoms with Crippen LogP contribution in [0.4, 0.5) is 0 Å². The lowest BCUT2D eigenvalue weighted by Crippen LogP contribution is -2.37. The molecule has 7 nitrogen and oxygen atoms in total. The molecule has 2 aromatic heterocycles. The zero-order valence-electron chi connectivity index (χ0n) is 14.2. The molecule has 2 N–H and O–H groups in total. The van der Waals surface area contributed by atoms with Gasteiger partial charge in [0.2, 0.25) is 0 Å². The molecule has 25 heavy (non-hydrogen) atoms. The lowest BCUT2D eigenvalue weighted by molar-refractivity contribution is 0.662. The molecule has 0 atom stereocenters. The van der Waals surface area contributed by atoms with Crippen LogP contribution in [-0.2, 0) is 33.1 Å². The number of aromatic nitrogens is 4. The number of hydrogen-bond donors (Lipinski definition) is 2. The highest BCUT2D eigenvalue weighted by molar-refractivity contribution is 14.0. The first-order valence-electron chi connectivity index (χ1n) is 8.03. The van der Waals surface area contributed by atoms with Gasteiger partial charge in [-0.15, -0.1) is 34.2 Å². The molecule has 0 radical (unpaired) electrons. The molecule has 0 unspecified atom stereocenters. The number of guanidine groups is 1. The van der Waals surface area contributed by atoms with Crippen LogP contribution in [0.5, 0.6) is 0 Å². The summed E-state index contributed by atoms with van der Waals surface area (Å²) in [6.07, 6.45) is 2.15. The maximum atomic E-state index is 6.09. The maximum Gasteiger partial charge on any atom is 0.192 e. The Morgan fingerprint density at radius 1 is 1.32 bits per heavy atom. The fourth-order valence-corrected chi connectivity index (χ4v) is 3.16. The number of aryl methyl sites for hydroxylation is 1. The molecule has 0 bridgehead atoms. The molecule has 138 valence electrons. The van der Waals surface area contributed by atoms with Crippen molar-refractivity contribution < 1.29 is 0 Å². The molecule has 0 spiro atoms. The van der Waals surface area contributed by atoms with Crippen LogP contribution < -0.4 is 10.6 Å². The van der Waals surface area contributed by atoms with Crippen molar-refractivity contribution in [3.63, 3.8) is 0 Å². The normalized spacial score (nSPS) is 13.5. The molecular weight excluding hydrogens is 476 g/mol. The van der Waals surface area contributed by atoms with E-state index in [4.69, 9.17) is 23.2 Å². The van der Waals surface area contributed by atoms with E-state index >= 15 is 0 Å². The second-order valence-electron chi connectivity index (χ2n) is 5.67. The van der Waals surface area contributed by atoms with E-state index in [0.29, 0.717) is 23.3 Å². The summed E-state index contributed by atoms with van der Waals surface area (Å²) in [6, 6.07) is 1.84. The Kier molecular flexibility index (Phi) is 7.38. The monoisotopic (exact) mass is 497 g/mol. The minimum atomic E-state index is 0. The van der Waals surface area contributed by atoms with Crippen LogP contribution in [0.15, 0.2) is 11.1 Å². The number of fused-ring (bicyclic) bond motifs is 1. The molecule has 0 amide bonds. The number of hydrogen-bond acceptors (Lipinski definition) is 3. The molecule has 0 fully saturated rings. The van der Waals surface area contributed by atoms with Crippen molar-refractivity contribution in [3.05, 3.63) is 33.6 Å². The van der Waals surface area contributed by atoms with Crippen molar-refractivity contribution in [3.8, 4) is 0 Å². The first-order valence-corrected chi connectivity index (χ1v) is 8.78. The number of nitrogens with zero attached hydrogens (tertiary/aromatic N) is 5. The predicted molar refractivity (Wildman–Crippen MR) is 111 cm³/mol. The van der Waals surface area contributed by atoms with Crippen LogP contribution in [0, 0.1) is 0 Å². The minimum Gasteiger partial charge on any atom is -0.357 e. The zero-order chi connectivity index (χ0) is 17.1. The van der Waals surface area contributed by atoms with Gasteiger partial charge in [0.15, 0.2) is 11.8 Å². The van der Waals surface area contributed by atoms with Gasteiger partial charge >= 0.3 is 0 Å². The Hall–Kier alpha value is -1.000. The first-order chi connectivity index (χ1) is 11.6. The van der Waals surface area contributed by atoms with Gasteiger partial charge in [-0.25, -0.2) is 4.99 Å². The number of halogens is 3. The van der Waals surface area contributed by atoms with E-state index in [1.807, 2.05) is 24.6 Å². The molecule has 3 rings (SSSR count). The zero-order valence-corrected chi connectivity index (χ0v) is 18.1. The molecule has 2 aromatic rings. The Balaban J connectivity index is 0.00000225.